The number of imidazole rings is 5. The molecule has 21 heteroatoms. The van der Waals surface area contributed by atoms with E-state index in [0.29, 0.717) is 22.8 Å². The molecule has 19 rings (SSSR count). The van der Waals surface area contributed by atoms with Gasteiger partial charge in [0.05, 0.1) is 125 Å². The minimum atomic E-state index is -3.49. The molecule has 0 amide bonds. The Hall–Kier alpha value is -14.0. The van der Waals surface area contributed by atoms with Crippen molar-refractivity contribution in [3.05, 3.63) is 477 Å². The van der Waals surface area contributed by atoms with Gasteiger partial charge < -0.3 is 22.8 Å². The molecule has 15 nitrogen and oxygen atoms in total. The number of rotatable bonds is 21. The summed E-state index contributed by atoms with van der Waals surface area (Å²) in [7, 11) is -2.84. The fourth-order valence-corrected chi connectivity index (χ4v) is 14.2. The van der Waals surface area contributed by atoms with Gasteiger partial charge in [0.1, 0.15) is 28.4 Å². The van der Waals surface area contributed by atoms with Crippen molar-refractivity contribution in [1.29, 1.82) is 0 Å². The SMILES string of the molecule is [2H]c1[c-]c(-c2nc([2H])c([2H])n2-c2c(C([2H])(C)C([2H])([2H])[2H])c([2H])c(-c3c([2H])c([2H])c([2H])c([2H])c3[2H])c([2H])c2C([2H])(C)C([2H])([2H])[2H])c([2H])c([N+]#[C-])c1[2H].[2H]c1[c-]c(-c2nc([2H])c([2H])n2-c2c(C([2H])(C)C([2H])([2H])[2H])c([2H])c([2H])c(-c3c([2H])c([2H])c([2H])c([2H])c3[2H])c2C([2H])(C)C([2H])([2H])[2H])c([2H])c([N+]#[C-])c1[2H].[2H]c1[c-]c(-c2nc([2H])c([2H])n2-c2c(C([2H])(C)C([2H])([2H])[2H])c([2H])c([Si](C)(C)C)c([2H])c2C([2H])(C)C([2H])([2H])[2H])c([2H])c([N+]#[C-])c1[2H].[2H]c1[c-]c(-c2nc([2H])c([2H])n2-c2c(C([2H])([2H])[2H])c([2H])c(-c3c([2H])c([2H])c([2H])c([2H])c3[2H])c([2H])c2C([2H])([2H])[2H])c([2H])c([N+]#[C-])c1[2H].[2H]c1[c-]c(-c2nc([2H])c([2H])n2-c2c(C([2H])([2H])[2H])c([2H])c([2H])c(-c3c([2H])c([2H])c([2H])c([2H])c3[2H])c2C([2H])([2H])[2H])c([2H])c([N+]#[C-])c1[2H].[Ir].[Ir].[Ir].[Ir].[Ir]. The molecule has 6 unspecified atom stereocenters. The molecule has 0 saturated carbocycles. The van der Waals surface area contributed by atoms with Gasteiger partial charge in [0.25, 0.3) is 0 Å². The second kappa shape index (κ2) is 54.0. The molecule has 0 N–H and O–H groups in total. The average Bonchev–Trinajstić information content (AvgIpc) is 1.69. The number of benzene rings is 14. The molecule has 0 aliphatic heterocycles. The molecule has 0 bridgehead atoms. The van der Waals surface area contributed by atoms with Crippen LogP contribution in [-0.2, 0) is 101 Å². The summed E-state index contributed by atoms with van der Waals surface area (Å²) in [6.07, 6.45) is -9.33. The maximum atomic E-state index is 9.31. The van der Waals surface area contributed by atoms with Gasteiger partial charge in [-0.1, -0.05) is 265 Å². The van der Waals surface area contributed by atoms with Crippen molar-refractivity contribution in [1.82, 2.24) is 47.8 Å². The fourth-order valence-electron chi connectivity index (χ4n) is 13.2. The van der Waals surface area contributed by atoms with E-state index in [0.717, 1.165) is 41.5 Å². The van der Waals surface area contributed by atoms with Crippen LogP contribution in [0.15, 0.2) is 334 Å². The van der Waals surface area contributed by atoms with Crippen LogP contribution in [0.4, 0.5) is 28.4 Å². The largest absolute Gasteiger partial charge is 0.340 e. The number of hydrogen-bond donors (Lipinski definition) is 0. The molecule has 5 radical (unpaired) electrons. The van der Waals surface area contributed by atoms with E-state index in [1.54, 1.807) is 19.6 Å². The van der Waals surface area contributed by atoms with Crippen molar-refractivity contribution < 1.29 is 225 Å². The summed E-state index contributed by atoms with van der Waals surface area (Å²) in [5, 5.41) is -0.0222. The van der Waals surface area contributed by atoms with Crippen molar-refractivity contribution >= 4 is 41.7 Å². The van der Waals surface area contributed by atoms with Gasteiger partial charge in [-0.15, -0.1) is 119 Å². The molecule has 150 heavy (non-hydrogen) atoms. The molecule has 0 spiro atoms. The first-order chi connectivity index (χ1) is 107. The van der Waals surface area contributed by atoms with E-state index >= 15 is 0 Å². The molecule has 0 fully saturated rings. The molecule has 0 aliphatic carbocycles. The monoisotopic (exact) mass is 2960 g/mol. The van der Waals surface area contributed by atoms with Gasteiger partial charge in [0, 0.05) is 247 Å². The van der Waals surface area contributed by atoms with Crippen LogP contribution in [0.25, 0.3) is 154 Å². The van der Waals surface area contributed by atoms with E-state index in [4.69, 9.17) is 151 Å². The molecule has 0 saturated heterocycles. The molecular weight excluding hydrogens is 2750 g/mol. The van der Waals surface area contributed by atoms with Crippen LogP contribution in [0.3, 0.4) is 0 Å². The van der Waals surface area contributed by atoms with E-state index in [1.165, 1.54) is 0 Å². The molecular formula is C129H118Ir5N15Si-5. The third-order valence-corrected chi connectivity index (χ3v) is 21.3. The summed E-state index contributed by atoms with van der Waals surface area (Å²) in [6, 6.07) is -28.2. The van der Waals surface area contributed by atoms with Crippen LogP contribution in [0.5, 0.6) is 0 Å². The summed E-state index contributed by atoms with van der Waals surface area (Å²) in [5.41, 5.74) is -28.1. The first-order valence-corrected chi connectivity index (χ1v) is 44.6. The third-order valence-electron chi connectivity index (χ3n) is 19.5. The van der Waals surface area contributed by atoms with Gasteiger partial charge in [-0.3, -0.25) is 49.1 Å². The van der Waals surface area contributed by atoms with Gasteiger partial charge in [-0.2, -0.15) is 30.2 Å². The van der Waals surface area contributed by atoms with Crippen LogP contribution in [-0.4, -0.2) is 55.8 Å². The van der Waals surface area contributed by atoms with Crippen molar-refractivity contribution in [2.45, 2.75) is 165 Å². The van der Waals surface area contributed by atoms with Gasteiger partial charge >= 0.3 is 0 Å². The molecule has 19 aromatic rings. The van der Waals surface area contributed by atoms with E-state index in [1.807, 2.05) is 0 Å². The maximum Gasteiger partial charge on any atom is 0.109 e. The Balaban J connectivity index is 0.000000294. The molecule has 0 aliphatic rings. The quantitative estimate of drug-likeness (QED) is 0.0526. The molecule has 14 aromatic carbocycles. The van der Waals surface area contributed by atoms with Gasteiger partial charge in [0.2, 0.25) is 0 Å². The maximum absolute atomic E-state index is 9.31. The molecule has 763 valence electrons. The molecule has 5 aromatic heterocycles. The normalized spacial score (nSPS) is 22.5. The Morgan fingerprint density at radius 2 is 0.573 bits per heavy atom. The number of nitrogens with zero attached hydrogens (tertiary/aromatic N) is 15. The third kappa shape index (κ3) is 27.1. The second-order valence-corrected chi connectivity index (χ2v) is 35.3. The summed E-state index contributed by atoms with van der Waals surface area (Å²) in [5.74, 6) is -21.2. The summed E-state index contributed by atoms with van der Waals surface area (Å²) in [6.45, 7) is 13.3. The summed E-state index contributed by atoms with van der Waals surface area (Å²) < 4.78 is 769. The molecule has 6 atom stereocenters. The Labute approximate surface area is 1080 Å². The Bertz CT molecular complexity index is 13100. The van der Waals surface area contributed by atoms with Crippen LogP contribution in [0.1, 0.15) is 298 Å². The predicted octanol–water partition coefficient (Wildman–Crippen LogP) is 34.6. The average molecular weight is 2960 g/mol. The zero-order chi connectivity index (χ0) is 181. The predicted molar refractivity (Wildman–Crippen MR) is 599 cm³/mol. The zero-order valence-corrected chi connectivity index (χ0v) is 90.9. The number of aromatic nitrogens is 10. The van der Waals surface area contributed by atoms with E-state index < -0.39 is 660 Å². The van der Waals surface area contributed by atoms with Crippen LogP contribution in [0, 0.1) is 90.6 Å². The van der Waals surface area contributed by atoms with Crippen molar-refractivity contribution in [3.63, 3.8) is 0 Å². The van der Waals surface area contributed by atoms with E-state index in [2.05, 4.69) is 79.5 Å². The number of hydrogen-bond acceptors (Lipinski definition) is 5. The standard InChI is InChI=1S/2C28H26N3.C25H30N3Si.2C24H18N3.5Ir/c1-19(2)25-17-23(21-10-7-6-8-11-21)18-26(20(3)4)27(25)31-15-14-30-28(31)22-12-9-13-24(16-22)29-5;1-19(2)24-14-15-25(21-10-7-6-8-11-21)26(20(3)4)27(24)31-17-16-30-28(31)22-12-9-13-23(18-22)29-5;1-17(2)22-15-21(29(6,7)8)16-23(18(3)4)24(22)28-13-12-27-25(28)19-10-9-11-20(14-19)26-5;1-17-14-21(19-8-5-4-6-9-19)15-18(2)23(17)27-13-12-26-24(27)20-10-7-11-22(16-20)25-3;1-17-12-13-22(19-8-5-4-6-9-19)18(2)23(17)27-15-14-26-24(27)20-10-7-11-21(16-20)25-3;;;;;/h2*6-11,13-20H,1-4H3;9,11-18H,1-4,6-8H3;2*4-9,11-16H,1-2H3;;;;;/q5*-1;;;;;/i2*1D3,3D3,6D,7D,8D,9D,10D,11D,13D,14D,15D,16D,17D,18D,19D,20D;1D3,3D3,9D,11D,12D,13D,14D,15D,16D,17D,18D;2*1D3,2D3,4D,5D,6D,7D,8D,9D,11D,12D,13D,14D,15D,16D;;;;;. The smallest absolute Gasteiger partial charge is 0.109 e. The van der Waals surface area contributed by atoms with Crippen LogP contribution >= 0.6 is 0 Å². The minimum Gasteiger partial charge on any atom is -0.340 e. The minimum absolute atomic E-state index is 0. The molecule has 5 heterocycles. The first kappa shape index (κ1) is 44.5. The van der Waals surface area contributed by atoms with Crippen molar-refractivity contribution in [2.24, 2.45) is 0 Å². The Morgan fingerprint density at radius 3 is 0.887 bits per heavy atom. The summed E-state index contributed by atoms with van der Waals surface area (Å²) >= 11 is 0. The fraction of sp³-hybridized carbons (Fsp3) is 0.194. The summed E-state index contributed by atoms with van der Waals surface area (Å²) in [4.78, 5) is 35.0. The first-order valence-electron chi connectivity index (χ1n) is 86.6. The zero-order valence-electron chi connectivity index (χ0n) is 169. The van der Waals surface area contributed by atoms with E-state index in [-0.39, 0.29) is 106 Å². The van der Waals surface area contributed by atoms with Gasteiger partial charge in [-0.25, -0.2) is 0 Å². The Kier molecular flexibility index (Phi) is 16.0. The van der Waals surface area contributed by atoms with Gasteiger partial charge in [-0.05, 0) is 201 Å². The van der Waals surface area contributed by atoms with Crippen molar-refractivity contribution in [2.75, 3.05) is 0 Å². The van der Waals surface area contributed by atoms with Crippen molar-refractivity contribution in [3.8, 4) is 130 Å². The topological polar surface area (TPSA) is 111 Å². The van der Waals surface area contributed by atoms with E-state index in [9.17, 15) is 6.85 Å². The Morgan fingerprint density at radius 1 is 0.287 bits per heavy atom. The second-order valence-electron chi connectivity index (χ2n) is 30.3. The van der Waals surface area contributed by atoms with Crippen LogP contribution in [0.2, 0.25) is 19.6 Å². The van der Waals surface area contributed by atoms with Crippen LogP contribution < -0.4 is 5.19 Å². The van der Waals surface area contributed by atoms with Gasteiger partial charge in [0.15, 0.2) is 0 Å².